The van der Waals surface area contributed by atoms with Crippen molar-refractivity contribution in [3.8, 4) is 11.3 Å². The highest BCUT2D eigenvalue weighted by molar-refractivity contribution is 5.94. The van der Waals surface area contributed by atoms with Crippen molar-refractivity contribution in [2.24, 2.45) is 5.92 Å². The van der Waals surface area contributed by atoms with E-state index in [4.69, 9.17) is 4.98 Å². The van der Waals surface area contributed by atoms with Crippen LogP contribution in [0.5, 0.6) is 0 Å². The molecule has 1 amide bonds. The van der Waals surface area contributed by atoms with Crippen molar-refractivity contribution in [2.75, 3.05) is 24.5 Å². The number of rotatable bonds is 9. The van der Waals surface area contributed by atoms with E-state index in [1.54, 1.807) is 12.1 Å². The third-order valence-corrected chi connectivity index (χ3v) is 10.2. The lowest BCUT2D eigenvalue weighted by Crippen LogP contribution is -2.55. The molecule has 1 atom stereocenters. The maximum absolute atomic E-state index is 14.1. The third-order valence-electron chi connectivity index (χ3n) is 10.2. The highest BCUT2D eigenvalue weighted by Crippen LogP contribution is 2.41. The van der Waals surface area contributed by atoms with Gasteiger partial charge in [0.15, 0.2) is 0 Å². The fraction of sp³-hybridized carbons (Fsp3) is 0.447. The summed E-state index contributed by atoms with van der Waals surface area (Å²) >= 11 is 0. The fourth-order valence-corrected chi connectivity index (χ4v) is 7.75. The van der Waals surface area contributed by atoms with Crippen LogP contribution in [0.2, 0.25) is 0 Å². The molecular formula is C38H46N4O3. The second-order valence-electron chi connectivity index (χ2n) is 14.0. The molecule has 7 nitrogen and oxygen atoms in total. The summed E-state index contributed by atoms with van der Waals surface area (Å²) in [4.78, 5) is 38.6. The van der Waals surface area contributed by atoms with Crippen LogP contribution in [0.3, 0.4) is 0 Å². The molecule has 2 N–H and O–H groups in total. The van der Waals surface area contributed by atoms with Gasteiger partial charge in [0.05, 0.1) is 34.1 Å². The van der Waals surface area contributed by atoms with E-state index in [0.717, 1.165) is 66.0 Å². The molecule has 1 aliphatic carbocycles. The molecule has 3 aliphatic rings. The number of aromatic nitrogens is 2. The molecule has 4 aromatic rings. The zero-order chi connectivity index (χ0) is 32.0. The van der Waals surface area contributed by atoms with E-state index in [0.29, 0.717) is 12.0 Å². The van der Waals surface area contributed by atoms with Gasteiger partial charge >= 0.3 is 5.97 Å². The summed E-state index contributed by atoms with van der Waals surface area (Å²) in [6.45, 7) is 15.1. The van der Waals surface area contributed by atoms with Crippen LogP contribution >= 0.6 is 0 Å². The SMILES string of the molecule is CCN(C[C@@H](C)c1c(-c2cc(C)cc(C)c2)[nH]c2cnc(C(C)(C)C(=O)N3CC4CCC3CC4)cc12)c1ccc(C(=O)O)cc1. The smallest absolute Gasteiger partial charge is 0.335 e. The Labute approximate surface area is 266 Å². The van der Waals surface area contributed by atoms with E-state index in [1.807, 2.05) is 32.2 Å². The van der Waals surface area contributed by atoms with Gasteiger partial charge in [-0.05, 0) is 120 Å². The van der Waals surface area contributed by atoms with Gasteiger partial charge in [-0.25, -0.2) is 4.79 Å². The van der Waals surface area contributed by atoms with Gasteiger partial charge in [0.2, 0.25) is 5.91 Å². The summed E-state index contributed by atoms with van der Waals surface area (Å²) in [6, 6.07) is 16.3. The quantitative estimate of drug-likeness (QED) is 0.203. The van der Waals surface area contributed by atoms with Gasteiger partial charge in [-0.15, -0.1) is 0 Å². The minimum atomic E-state index is -0.923. The van der Waals surface area contributed by atoms with Gasteiger partial charge in [-0.3, -0.25) is 9.78 Å². The first-order chi connectivity index (χ1) is 21.5. The van der Waals surface area contributed by atoms with Crippen LogP contribution in [-0.2, 0) is 10.2 Å². The summed E-state index contributed by atoms with van der Waals surface area (Å²) < 4.78 is 0. The number of hydrogen-bond acceptors (Lipinski definition) is 4. The minimum absolute atomic E-state index is 0.112. The van der Waals surface area contributed by atoms with Crippen LogP contribution in [0.4, 0.5) is 5.69 Å². The minimum Gasteiger partial charge on any atom is -0.478 e. The number of carbonyl (C=O) groups is 2. The van der Waals surface area contributed by atoms with Crippen molar-refractivity contribution in [1.29, 1.82) is 0 Å². The maximum atomic E-state index is 14.1. The normalized spacial score (nSPS) is 18.8. The molecule has 45 heavy (non-hydrogen) atoms. The van der Waals surface area contributed by atoms with Crippen LogP contribution in [-0.4, -0.2) is 57.5 Å². The molecule has 0 spiro atoms. The number of carboxylic acids is 1. The van der Waals surface area contributed by atoms with Gasteiger partial charge in [-0.2, -0.15) is 0 Å². The summed E-state index contributed by atoms with van der Waals surface area (Å²) in [6.07, 6.45) is 6.62. The molecule has 2 saturated heterocycles. The first-order valence-electron chi connectivity index (χ1n) is 16.5. The van der Waals surface area contributed by atoms with Crippen LogP contribution in [0.25, 0.3) is 22.2 Å². The largest absolute Gasteiger partial charge is 0.478 e. The fourth-order valence-electron chi connectivity index (χ4n) is 7.75. The van der Waals surface area contributed by atoms with Crippen molar-refractivity contribution in [1.82, 2.24) is 14.9 Å². The number of aromatic carboxylic acids is 1. The predicted molar refractivity (Wildman–Crippen MR) is 181 cm³/mol. The Morgan fingerprint density at radius 2 is 1.71 bits per heavy atom. The molecule has 2 bridgehead atoms. The first-order valence-corrected chi connectivity index (χ1v) is 16.5. The van der Waals surface area contributed by atoms with Crippen LogP contribution in [0, 0.1) is 19.8 Å². The lowest BCUT2D eigenvalue weighted by molar-refractivity contribution is -0.144. The molecule has 0 unspecified atom stereocenters. The lowest BCUT2D eigenvalue weighted by Gasteiger charge is -2.47. The molecule has 2 aliphatic heterocycles. The van der Waals surface area contributed by atoms with Gasteiger partial charge in [-0.1, -0.05) is 24.1 Å². The number of benzene rings is 2. The molecule has 2 aromatic carbocycles. The van der Waals surface area contributed by atoms with E-state index in [1.165, 1.54) is 29.5 Å². The van der Waals surface area contributed by atoms with E-state index in [-0.39, 0.29) is 17.4 Å². The monoisotopic (exact) mass is 606 g/mol. The number of anilines is 1. The third kappa shape index (κ3) is 5.85. The molecular weight excluding hydrogens is 560 g/mol. The number of likely N-dealkylation sites (N-methyl/N-ethyl adjacent to an activating group) is 1. The van der Waals surface area contributed by atoms with Crippen molar-refractivity contribution in [2.45, 2.75) is 84.6 Å². The summed E-state index contributed by atoms with van der Waals surface area (Å²) in [5.41, 5.74) is 8.14. The van der Waals surface area contributed by atoms with Gasteiger partial charge in [0, 0.05) is 42.7 Å². The number of aromatic amines is 1. The van der Waals surface area contributed by atoms with E-state index < -0.39 is 11.4 Å². The molecule has 2 aromatic heterocycles. The van der Waals surface area contributed by atoms with Crippen molar-refractivity contribution in [3.63, 3.8) is 0 Å². The predicted octanol–water partition coefficient (Wildman–Crippen LogP) is 7.85. The zero-order valence-corrected chi connectivity index (χ0v) is 27.5. The van der Waals surface area contributed by atoms with Crippen LogP contribution < -0.4 is 4.90 Å². The Hall–Kier alpha value is -4.13. The second-order valence-corrected chi connectivity index (χ2v) is 14.0. The molecule has 7 heteroatoms. The molecule has 0 radical (unpaired) electrons. The molecule has 3 fully saturated rings. The average molecular weight is 607 g/mol. The number of carboxylic acid groups (broad SMARTS) is 1. The number of amides is 1. The van der Waals surface area contributed by atoms with E-state index in [9.17, 15) is 14.7 Å². The second kappa shape index (κ2) is 12.0. The topological polar surface area (TPSA) is 89.5 Å². The zero-order valence-electron chi connectivity index (χ0n) is 27.5. The number of pyridine rings is 1. The van der Waals surface area contributed by atoms with Gasteiger partial charge in [0.25, 0.3) is 0 Å². The van der Waals surface area contributed by atoms with Crippen molar-refractivity contribution in [3.05, 3.63) is 82.7 Å². The average Bonchev–Trinajstić information content (AvgIpc) is 3.42. The van der Waals surface area contributed by atoms with Gasteiger partial charge < -0.3 is 19.9 Å². The number of aryl methyl sites for hydroxylation is 2. The molecule has 7 rings (SSSR count). The number of nitrogens with one attached hydrogen (secondary N) is 1. The molecule has 1 saturated carbocycles. The number of H-pyrrole nitrogens is 1. The summed E-state index contributed by atoms with van der Waals surface area (Å²) in [5, 5.41) is 10.5. The highest BCUT2D eigenvalue weighted by Gasteiger charge is 2.43. The summed E-state index contributed by atoms with van der Waals surface area (Å²) in [5.74, 6) is 0.00362. The van der Waals surface area contributed by atoms with Crippen molar-refractivity contribution >= 4 is 28.5 Å². The Morgan fingerprint density at radius 3 is 2.29 bits per heavy atom. The van der Waals surface area contributed by atoms with E-state index in [2.05, 4.69) is 66.7 Å². The standard InChI is InChI=1S/C38H46N4O3/c1-7-41(29-14-10-27(11-15-29)36(43)44)21-25(4)34-31-19-33(38(5,6)37(45)42-22-26-8-12-30(42)13-9-26)39-20-32(31)40-35(34)28-17-23(2)16-24(3)18-28/h10-11,14-20,25-26,30,40H,7-9,12-13,21-22H2,1-6H3,(H,43,44)/t25-,26?,30?/m1/s1. The number of fused-ring (bicyclic) bond motifs is 4. The van der Waals surface area contributed by atoms with E-state index >= 15 is 0 Å². The summed E-state index contributed by atoms with van der Waals surface area (Å²) in [7, 11) is 0. The number of hydrogen-bond donors (Lipinski definition) is 2. The molecule has 236 valence electrons. The molecule has 4 heterocycles. The first kappa shape index (κ1) is 30.9. The Balaban J connectivity index is 1.41. The van der Waals surface area contributed by atoms with Crippen molar-refractivity contribution < 1.29 is 14.7 Å². The Bertz CT molecular complexity index is 1710. The highest BCUT2D eigenvalue weighted by atomic mass is 16.4. The Kier molecular flexibility index (Phi) is 8.23. The number of nitrogens with zero attached hydrogens (tertiary/aromatic N) is 3. The lowest BCUT2D eigenvalue weighted by atomic mass is 9.77. The van der Waals surface area contributed by atoms with Gasteiger partial charge in [0.1, 0.15) is 0 Å². The Morgan fingerprint density at radius 1 is 1.04 bits per heavy atom. The maximum Gasteiger partial charge on any atom is 0.335 e. The van der Waals surface area contributed by atoms with Crippen LogP contribution in [0.15, 0.2) is 54.7 Å². The number of piperidine rings is 2. The number of carbonyl (C=O) groups excluding carboxylic acids is 1. The van der Waals surface area contributed by atoms with Crippen LogP contribution in [0.1, 0.15) is 92.0 Å².